The van der Waals surface area contributed by atoms with Gasteiger partial charge in [-0.2, -0.15) is 0 Å². The van der Waals surface area contributed by atoms with Gasteiger partial charge in [0.1, 0.15) is 0 Å². The first-order valence-electron chi connectivity index (χ1n) is 7.37. The predicted molar refractivity (Wildman–Crippen MR) is 83.7 cm³/mol. The number of carbonyl (C=O) groups is 1. The zero-order valence-electron chi connectivity index (χ0n) is 12.6. The quantitative estimate of drug-likeness (QED) is 0.948. The lowest BCUT2D eigenvalue weighted by molar-refractivity contribution is -0.118. The lowest BCUT2D eigenvalue weighted by atomic mass is 9.89. The highest BCUT2D eigenvalue weighted by molar-refractivity contribution is 7.15. The molecule has 2 heterocycles. The molecule has 1 aliphatic rings. The summed E-state index contributed by atoms with van der Waals surface area (Å²) >= 11 is 1.55. The van der Waals surface area contributed by atoms with Crippen molar-refractivity contribution in [3.63, 3.8) is 0 Å². The normalized spacial score (nSPS) is 17.6. The first-order chi connectivity index (χ1) is 10.1. The van der Waals surface area contributed by atoms with E-state index in [-0.39, 0.29) is 11.8 Å². The van der Waals surface area contributed by atoms with E-state index in [0.29, 0.717) is 5.13 Å². The van der Waals surface area contributed by atoms with Gasteiger partial charge in [-0.15, -0.1) is 11.3 Å². The van der Waals surface area contributed by atoms with E-state index in [4.69, 9.17) is 0 Å². The predicted octanol–water partition coefficient (Wildman–Crippen LogP) is 2.81. The number of imidazole rings is 1. The van der Waals surface area contributed by atoms with Crippen LogP contribution in [0.4, 0.5) is 5.13 Å². The van der Waals surface area contributed by atoms with Crippen LogP contribution >= 0.6 is 11.3 Å². The fraction of sp³-hybridized carbons (Fsp3) is 0.533. The Morgan fingerprint density at radius 2 is 2.38 bits per heavy atom. The Labute approximate surface area is 128 Å². The summed E-state index contributed by atoms with van der Waals surface area (Å²) in [5, 5.41) is 3.68. The summed E-state index contributed by atoms with van der Waals surface area (Å²) in [5.74, 6) is -0.129. The summed E-state index contributed by atoms with van der Waals surface area (Å²) in [7, 11) is 1.99. The summed E-state index contributed by atoms with van der Waals surface area (Å²) in [4.78, 5) is 22.6. The van der Waals surface area contributed by atoms with Crippen LogP contribution in [0.1, 0.15) is 47.6 Å². The second kappa shape index (κ2) is 5.60. The number of hydrogen-bond donors (Lipinski definition) is 1. The van der Waals surface area contributed by atoms with Gasteiger partial charge in [-0.05, 0) is 32.6 Å². The summed E-state index contributed by atoms with van der Waals surface area (Å²) < 4.78 is 2.03. The lowest BCUT2D eigenvalue weighted by Crippen LogP contribution is -2.25. The molecule has 112 valence electrons. The van der Waals surface area contributed by atoms with Crippen molar-refractivity contribution >= 4 is 22.4 Å². The molecule has 0 fully saturated rings. The molecule has 5 nitrogen and oxygen atoms in total. The number of nitrogens with zero attached hydrogens (tertiary/aromatic N) is 3. The largest absolute Gasteiger partial charge is 0.337 e. The maximum atomic E-state index is 12.6. The molecule has 21 heavy (non-hydrogen) atoms. The summed E-state index contributed by atoms with van der Waals surface area (Å²) in [6, 6.07) is 0. The van der Waals surface area contributed by atoms with Gasteiger partial charge in [-0.1, -0.05) is 6.92 Å². The highest BCUT2D eigenvalue weighted by atomic mass is 32.1. The van der Waals surface area contributed by atoms with Gasteiger partial charge in [0, 0.05) is 17.6 Å². The molecule has 1 atom stereocenters. The van der Waals surface area contributed by atoms with Gasteiger partial charge in [-0.25, -0.2) is 9.97 Å². The lowest BCUT2D eigenvalue weighted by Gasteiger charge is -2.20. The number of carbonyl (C=O) groups excluding carboxylic acids is 1. The van der Waals surface area contributed by atoms with Crippen LogP contribution in [-0.2, 0) is 24.7 Å². The third-order valence-electron chi connectivity index (χ3n) is 4.10. The molecule has 0 aliphatic heterocycles. The average molecular weight is 304 g/mol. The molecule has 0 bridgehead atoms. The van der Waals surface area contributed by atoms with Crippen LogP contribution in [0.2, 0.25) is 0 Å². The van der Waals surface area contributed by atoms with E-state index >= 15 is 0 Å². The second-order valence-electron chi connectivity index (χ2n) is 5.50. The standard InChI is InChI=1S/C15H20N4OS/c1-4-11-9(2)21-15(17-11)18-14(20)10-6-5-7-12-13(10)16-8-19(12)3/h8,10H,4-7H2,1-3H3,(H,17,18,20). The van der Waals surface area contributed by atoms with Crippen LogP contribution < -0.4 is 5.32 Å². The molecule has 0 saturated carbocycles. The molecule has 3 rings (SSSR count). The van der Waals surface area contributed by atoms with Crippen molar-refractivity contribution < 1.29 is 4.79 Å². The Kier molecular flexibility index (Phi) is 3.80. The summed E-state index contributed by atoms with van der Waals surface area (Å²) in [6.07, 6.45) is 5.60. The zero-order chi connectivity index (χ0) is 15.0. The fourth-order valence-electron chi connectivity index (χ4n) is 2.94. The van der Waals surface area contributed by atoms with E-state index < -0.39 is 0 Å². The van der Waals surface area contributed by atoms with Crippen molar-refractivity contribution in [2.75, 3.05) is 5.32 Å². The first kappa shape index (κ1) is 14.3. The monoisotopic (exact) mass is 304 g/mol. The van der Waals surface area contributed by atoms with Gasteiger partial charge in [0.05, 0.1) is 23.6 Å². The molecule has 1 aliphatic carbocycles. The van der Waals surface area contributed by atoms with Gasteiger partial charge >= 0.3 is 0 Å². The van der Waals surface area contributed by atoms with Crippen LogP contribution in [0.3, 0.4) is 0 Å². The minimum atomic E-state index is -0.149. The number of thiazole rings is 1. The highest BCUT2D eigenvalue weighted by Gasteiger charge is 2.30. The highest BCUT2D eigenvalue weighted by Crippen LogP contribution is 2.32. The smallest absolute Gasteiger partial charge is 0.235 e. The Morgan fingerprint density at radius 3 is 3.10 bits per heavy atom. The van der Waals surface area contributed by atoms with Crippen molar-refractivity contribution in [1.29, 1.82) is 0 Å². The molecule has 2 aromatic rings. The molecule has 1 amide bonds. The number of nitrogens with one attached hydrogen (secondary N) is 1. The summed E-state index contributed by atoms with van der Waals surface area (Å²) in [5.41, 5.74) is 3.19. The van der Waals surface area contributed by atoms with Gasteiger partial charge in [0.15, 0.2) is 5.13 Å². The number of aromatic nitrogens is 3. The molecule has 0 spiro atoms. The first-order valence-corrected chi connectivity index (χ1v) is 8.19. The van der Waals surface area contributed by atoms with Crippen LogP contribution in [0.15, 0.2) is 6.33 Å². The maximum absolute atomic E-state index is 12.6. The van der Waals surface area contributed by atoms with Crippen LogP contribution in [0.25, 0.3) is 0 Å². The number of fused-ring (bicyclic) bond motifs is 1. The van der Waals surface area contributed by atoms with E-state index in [0.717, 1.165) is 37.1 Å². The van der Waals surface area contributed by atoms with Crippen LogP contribution in [-0.4, -0.2) is 20.4 Å². The van der Waals surface area contributed by atoms with E-state index in [1.165, 1.54) is 10.6 Å². The Bertz CT molecular complexity index is 673. The van der Waals surface area contributed by atoms with Crippen LogP contribution in [0.5, 0.6) is 0 Å². The number of rotatable bonds is 3. The van der Waals surface area contributed by atoms with E-state index in [1.54, 1.807) is 17.7 Å². The number of hydrogen-bond acceptors (Lipinski definition) is 4. The maximum Gasteiger partial charge on any atom is 0.235 e. The zero-order valence-corrected chi connectivity index (χ0v) is 13.5. The van der Waals surface area contributed by atoms with E-state index in [9.17, 15) is 4.79 Å². The molecule has 0 saturated heterocycles. The Hall–Kier alpha value is -1.69. The molecule has 1 unspecified atom stereocenters. The van der Waals surface area contributed by atoms with Gasteiger partial charge in [0.2, 0.25) is 5.91 Å². The average Bonchev–Trinajstić information content (AvgIpc) is 3.02. The number of amides is 1. The molecule has 0 aromatic carbocycles. The summed E-state index contributed by atoms with van der Waals surface area (Å²) in [6.45, 7) is 4.12. The molecule has 2 aromatic heterocycles. The third kappa shape index (κ3) is 2.60. The number of anilines is 1. The minimum Gasteiger partial charge on any atom is -0.337 e. The molecule has 0 radical (unpaired) electrons. The van der Waals surface area contributed by atoms with Crippen molar-refractivity contribution in [3.05, 3.63) is 28.3 Å². The Morgan fingerprint density at radius 1 is 1.57 bits per heavy atom. The SMILES string of the molecule is CCc1nc(NC(=O)C2CCCc3c2ncn3C)sc1C. The van der Waals surface area contributed by atoms with E-state index in [2.05, 4.69) is 22.2 Å². The topological polar surface area (TPSA) is 59.8 Å². The van der Waals surface area contributed by atoms with Crippen molar-refractivity contribution in [2.24, 2.45) is 7.05 Å². The van der Waals surface area contributed by atoms with Crippen LogP contribution in [0, 0.1) is 6.92 Å². The van der Waals surface area contributed by atoms with Crippen molar-refractivity contribution in [3.8, 4) is 0 Å². The van der Waals surface area contributed by atoms with Gasteiger partial charge < -0.3 is 9.88 Å². The van der Waals surface area contributed by atoms with Gasteiger partial charge in [0.25, 0.3) is 0 Å². The Balaban J connectivity index is 1.80. The third-order valence-corrected chi connectivity index (χ3v) is 5.03. The minimum absolute atomic E-state index is 0.0195. The molecular weight excluding hydrogens is 284 g/mol. The van der Waals surface area contributed by atoms with Crippen molar-refractivity contribution in [2.45, 2.75) is 45.4 Å². The number of aryl methyl sites for hydroxylation is 3. The molecular formula is C15H20N4OS. The second-order valence-corrected chi connectivity index (χ2v) is 6.70. The fourth-order valence-corrected chi connectivity index (χ4v) is 3.84. The molecule has 6 heteroatoms. The van der Waals surface area contributed by atoms with Gasteiger partial charge in [-0.3, -0.25) is 4.79 Å². The molecule has 1 N–H and O–H groups in total. The van der Waals surface area contributed by atoms with Crippen molar-refractivity contribution in [1.82, 2.24) is 14.5 Å². The van der Waals surface area contributed by atoms with E-state index in [1.807, 2.05) is 18.5 Å².